The average Bonchev–Trinajstić information content (AvgIpc) is 3.14. The molecule has 48 heavy (non-hydrogen) atoms. The molecule has 0 spiro atoms. The van der Waals surface area contributed by atoms with Gasteiger partial charge in [0.1, 0.15) is 0 Å². The van der Waals surface area contributed by atoms with Crippen LogP contribution in [0.1, 0.15) is 0 Å². The SMILES string of the molecule is c1ccc2c(c1)sc1cccc3c1-n2c1ccc(-c2ccc4c5c2cccc5c2cccc5sc6ccccc6n4-c52)c2cccc3c21. The fourth-order valence-electron chi connectivity index (χ4n) is 8.61. The second-order valence-corrected chi connectivity index (χ2v) is 15.0. The Balaban J connectivity index is 1.26. The first kappa shape index (κ1) is 25.4. The van der Waals surface area contributed by atoms with Gasteiger partial charge in [-0.05, 0) is 81.2 Å². The Morgan fingerprint density at radius 3 is 1.19 bits per heavy atom. The Labute approximate surface area is 282 Å². The number of hydrogen-bond donors (Lipinski definition) is 0. The van der Waals surface area contributed by atoms with Gasteiger partial charge in [0.15, 0.2) is 0 Å². The number of para-hydroxylation sites is 4. The van der Waals surface area contributed by atoms with Gasteiger partial charge in [-0.25, -0.2) is 0 Å². The first-order valence-electron chi connectivity index (χ1n) is 16.4. The summed E-state index contributed by atoms with van der Waals surface area (Å²) in [5.74, 6) is 0. The highest BCUT2D eigenvalue weighted by Gasteiger charge is 2.23. The first-order valence-corrected chi connectivity index (χ1v) is 18.0. The van der Waals surface area contributed by atoms with Crippen molar-refractivity contribution in [1.82, 2.24) is 9.13 Å². The predicted octanol–water partition coefficient (Wildman–Crippen LogP) is 13.2. The molecule has 0 saturated carbocycles. The molecule has 0 aromatic heterocycles. The zero-order chi connectivity index (χ0) is 31.1. The van der Waals surface area contributed by atoms with Crippen molar-refractivity contribution in [3.05, 3.63) is 146 Å². The largest absolute Gasteiger partial charge is 0.306 e. The highest BCUT2D eigenvalue weighted by molar-refractivity contribution is 7.24. The molecule has 0 amide bonds. The van der Waals surface area contributed by atoms with Crippen LogP contribution in [0.5, 0.6) is 0 Å². The molecule has 0 N–H and O–H groups in total. The van der Waals surface area contributed by atoms with E-state index in [4.69, 9.17) is 0 Å². The van der Waals surface area contributed by atoms with E-state index in [0.29, 0.717) is 0 Å². The third-order valence-corrected chi connectivity index (χ3v) is 12.7. The van der Waals surface area contributed by atoms with Gasteiger partial charge in [0.2, 0.25) is 0 Å². The Bertz CT molecular complexity index is 3020. The molecule has 8 aromatic rings. The van der Waals surface area contributed by atoms with Crippen LogP contribution in [0, 0.1) is 0 Å². The molecule has 4 heterocycles. The first-order chi connectivity index (χ1) is 23.8. The molecule has 2 nitrogen and oxygen atoms in total. The second-order valence-electron chi connectivity index (χ2n) is 12.8. The standard InChI is InChI=1S/C44H24N2S2/c1-3-17-37-33(15-1)45-35-23-21-25(27-9-5-11-29(41(27)35)31-13-7-19-39(47-37)43(31)45)26-22-24-36-42-28(26)10-6-12-30(42)32-14-8-20-40-44(32)46(36)34-16-2-4-18-38(34)48-40/h1-24H. The van der Waals surface area contributed by atoms with Crippen molar-refractivity contribution in [1.29, 1.82) is 0 Å². The van der Waals surface area contributed by atoms with Crippen molar-refractivity contribution in [2.24, 2.45) is 0 Å². The molecule has 0 atom stereocenters. The molecule has 0 fully saturated rings. The second kappa shape index (κ2) is 9.02. The summed E-state index contributed by atoms with van der Waals surface area (Å²) in [5, 5.41) is 10.4. The van der Waals surface area contributed by atoms with E-state index in [0.717, 1.165) is 0 Å². The van der Waals surface area contributed by atoms with Crippen LogP contribution in [0.4, 0.5) is 0 Å². The van der Waals surface area contributed by atoms with E-state index in [1.165, 1.54) is 106 Å². The number of hydrogen-bond acceptors (Lipinski definition) is 2. The van der Waals surface area contributed by atoms with Crippen LogP contribution >= 0.6 is 22.7 Å². The van der Waals surface area contributed by atoms with Crippen molar-refractivity contribution in [3.63, 3.8) is 0 Å². The zero-order valence-electron chi connectivity index (χ0n) is 25.6. The molecular formula is C44H24N2S2. The van der Waals surface area contributed by atoms with Gasteiger partial charge in [0.25, 0.3) is 0 Å². The molecule has 12 rings (SSSR count). The molecule has 0 radical (unpaired) electrons. The molecule has 8 aromatic carbocycles. The van der Waals surface area contributed by atoms with Gasteiger partial charge in [-0.2, -0.15) is 0 Å². The molecular weight excluding hydrogens is 621 g/mol. The van der Waals surface area contributed by atoms with E-state index in [1.54, 1.807) is 0 Å². The fraction of sp³-hybridized carbons (Fsp3) is 0. The Morgan fingerprint density at radius 2 is 0.688 bits per heavy atom. The maximum absolute atomic E-state index is 2.51. The summed E-state index contributed by atoms with van der Waals surface area (Å²) >= 11 is 3.75. The smallest absolute Gasteiger partial charge is 0.0713 e. The van der Waals surface area contributed by atoms with Crippen LogP contribution in [0.3, 0.4) is 0 Å². The zero-order valence-corrected chi connectivity index (χ0v) is 27.2. The number of aromatic nitrogens is 2. The van der Waals surface area contributed by atoms with E-state index in [2.05, 4.69) is 155 Å². The number of fused-ring (bicyclic) bond motifs is 8. The molecule has 222 valence electrons. The van der Waals surface area contributed by atoms with Crippen LogP contribution in [-0.4, -0.2) is 9.13 Å². The minimum atomic E-state index is 1.25. The van der Waals surface area contributed by atoms with Gasteiger partial charge in [-0.3, -0.25) is 0 Å². The van der Waals surface area contributed by atoms with Crippen LogP contribution in [0.2, 0.25) is 0 Å². The van der Waals surface area contributed by atoms with Gasteiger partial charge in [0, 0.05) is 21.5 Å². The van der Waals surface area contributed by atoms with Gasteiger partial charge < -0.3 is 9.13 Å². The van der Waals surface area contributed by atoms with Crippen molar-refractivity contribution in [3.8, 4) is 22.5 Å². The van der Waals surface area contributed by atoms with Crippen molar-refractivity contribution in [2.45, 2.75) is 0 Å². The summed E-state index contributed by atoms with van der Waals surface area (Å²) < 4.78 is 10.2. The lowest BCUT2D eigenvalue weighted by Crippen LogP contribution is -2.05. The van der Waals surface area contributed by atoms with Crippen LogP contribution < -0.4 is 0 Å². The molecule has 4 aliphatic rings. The summed E-state index contributed by atoms with van der Waals surface area (Å²) in [7, 11) is 0. The third-order valence-electron chi connectivity index (χ3n) is 10.5. The summed E-state index contributed by atoms with van der Waals surface area (Å²) in [5.41, 5.74) is 10.2. The summed E-state index contributed by atoms with van der Waals surface area (Å²) in [6.07, 6.45) is 0. The molecule has 0 unspecified atom stereocenters. The maximum Gasteiger partial charge on any atom is 0.0713 e. The van der Waals surface area contributed by atoms with E-state index in [-0.39, 0.29) is 0 Å². The van der Waals surface area contributed by atoms with E-state index in [9.17, 15) is 0 Å². The third kappa shape index (κ3) is 3.08. The minimum absolute atomic E-state index is 1.25. The van der Waals surface area contributed by atoms with Crippen molar-refractivity contribution < 1.29 is 0 Å². The Morgan fingerprint density at radius 1 is 0.292 bits per heavy atom. The lowest BCUT2D eigenvalue weighted by molar-refractivity contribution is 1.20. The predicted molar refractivity (Wildman–Crippen MR) is 209 cm³/mol. The van der Waals surface area contributed by atoms with Gasteiger partial charge >= 0.3 is 0 Å². The molecule has 0 bridgehead atoms. The lowest BCUT2D eigenvalue weighted by Gasteiger charge is -2.25. The average molecular weight is 645 g/mol. The highest BCUT2D eigenvalue weighted by atomic mass is 32.1. The van der Waals surface area contributed by atoms with E-state index >= 15 is 0 Å². The highest BCUT2D eigenvalue weighted by Crippen LogP contribution is 2.48. The number of nitrogens with zero attached hydrogens (tertiary/aromatic N) is 2. The summed E-state index contributed by atoms with van der Waals surface area (Å²) in [6.45, 7) is 0. The quantitative estimate of drug-likeness (QED) is 0.124. The lowest BCUT2D eigenvalue weighted by atomic mass is 9.89. The topological polar surface area (TPSA) is 9.86 Å². The number of pyridine rings is 2. The van der Waals surface area contributed by atoms with E-state index in [1.807, 2.05) is 22.7 Å². The summed E-state index contributed by atoms with van der Waals surface area (Å²) in [4.78, 5) is 0. The Kier molecular flexibility index (Phi) is 4.77. The molecule has 0 aliphatic carbocycles. The van der Waals surface area contributed by atoms with Crippen LogP contribution in [-0.2, 0) is 0 Å². The maximum atomic E-state index is 2.51. The molecule has 4 heteroatoms. The number of benzene rings is 8. The van der Waals surface area contributed by atoms with Crippen LogP contribution in [0.15, 0.2) is 146 Å². The molecule has 0 saturated heterocycles. The van der Waals surface area contributed by atoms with Gasteiger partial charge in [-0.15, -0.1) is 22.7 Å². The van der Waals surface area contributed by atoms with Crippen molar-refractivity contribution >= 4 is 107 Å². The molecule has 4 aliphatic heterocycles. The van der Waals surface area contributed by atoms with Crippen LogP contribution in [0.25, 0.3) is 106 Å². The monoisotopic (exact) mass is 644 g/mol. The van der Waals surface area contributed by atoms with E-state index < -0.39 is 0 Å². The normalized spacial score (nSPS) is 12.6. The fourth-order valence-corrected chi connectivity index (χ4v) is 10.8. The van der Waals surface area contributed by atoms with Gasteiger partial charge in [0.05, 0.1) is 52.2 Å². The Hall–Kier alpha value is -5.68. The number of rotatable bonds is 1. The van der Waals surface area contributed by atoms with Crippen molar-refractivity contribution in [2.75, 3.05) is 0 Å². The minimum Gasteiger partial charge on any atom is -0.306 e. The van der Waals surface area contributed by atoms with Gasteiger partial charge in [-0.1, -0.05) is 97.1 Å². The summed E-state index contributed by atoms with van der Waals surface area (Å²) in [6, 6.07) is 54.4.